The van der Waals surface area contributed by atoms with Crippen LogP contribution in [-0.2, 0) is 27.2 Å². The summed E-state index contributed by atoms with van der Waals surface area (Å²) in [5.41, 5.74) is 6.23. The van der Waals surface area contributed by atoms with Crippen LogP contribution in [0.15, 0.2) is 0 Å². The van der Waals surface area contributed by atoms with Gasteiger partial charge >= 0.3 is 15.2 Å². The molecule has 0 fully saturated rings. The fraction of sp³-hybridized carbons (Fsp3) is 1.00. The van der Waals surface area contributed by atoms with Crippen LogP contribution in [0.1, 0.15) is 66.7 Å². The zero-order chi connectivity index (χ0) is 19.3. The first-order chi connectivity index (χ1) is 11.8. The topological polar surface area (TPSA) is 97.1 Å². The third kappa shape index (κ3) is 8.66. The van der Waals surface area contributed by atoms with Gasteiger partial charge in [-0.3, -0.25) is 9.13 Å². The Morgan fingerprint density at radius 3 is 1.48 bits per heavy atom. The Labute approximate surface area is 153 Å². The number of unbranched alkanes of at least 4 members (excludes halogenated alkanes) is 2. The smallest absolute Gasteiger partial charge is 0.328 e. The fourth-order valence-electron chi connectivity index (χ4n) is 2.62. The second-order valence-corrected chi connectivity index (χ2v) is 10.6. The highest BCUT2D eigenvalue weighted by Gasteiger charge is 2.51. The van der Waals surface area contributed by atoms with Gasteiger partial charge in [-0.2, -0.15) is 0 Å². The number of hydrogen-bond acceptors (Lipinski definition) is 7. The molecule has 0 aromatic heterocycles. The average molecular weight is 401 g/mol. The molecule has 0 aliphatic rings. The summed E-state index contributed by atoms with van der Waals surface area (Å²) >= 11 is 0. The van der Waals surface area contributed by atoms with Gasteiger partial charge in [0, 0.05) is 6.04 Å². The van der Waals surface area contributed by atoms with Crippen LogP contribution in [-0.4, -0.2) is 37.9 Å². The lowest BCUT2D eigenvalue weighted by molar-refractivity contribution is 0.192. The van der Waals surface area contributed by atoms with Crippen LogP contribution in [0.4, 0.5) is 0 Å². The summed E-state index contributed by atoms with van der Waals surface area (Å²) in [4.78, 5) is 0. The highest BCUT2D eigenvalue weighted by Crippen LogP contribution is 2.71. The van der Waals surface area contributed by atoms with Crippen LogP contribution in [0.2, 0.25) is 0 Å². The molecule has 0 aromatic rings. The van der Waals surface area contributed by atoms with Crippen LogP contribution in [0.25, 0.3) is 0 Å². The maximum absolute atomic E-state index is 13.3. The molecule has 1 unspecified atom stereocenters. The van der Waals surface area contributed by atoms with Gasteiger partial charge in [-0.15, -0.1) is 0 Å². The summed E-state index contributed by atoms with van der Waals surface area (Å²) in [6.45, 7) is 9.70. The lowest BCUT2D eigenvalue weighted by Crippen LogP contribution is -2.28. The minimum absolute atomic E-state index is 0.178. The molecule has 0 aliphatic carbocycles. The first-order valence-corrected chi connectivity index (χ1v) is 12.6. The quantitative estimate of drug-likeness (QED) is 0.282. The van der Waals surface area contributed by atoms with Gasteiger partial charge in [0.05, 0.1) is 26.4 Å². The summed E-state index contributed by atoms with van der Waals surface area (Å²) in [5.74, 6) is 0. The van der Waals surface area contributed by atoms with Gasteiger partial charge in [-0.1, -0.05) is 26.2 Å². The van der Waals surface area contributed by atoms with E-state index in [1.807, 2.05) is 0 Å². The van der Waals surface area contributed by atoms with Crippen LogP contribution in [0.5, 0.6) is 0 Å². The molecule has 0 aliphatic heterocycles. The van der Waals surface area contributed by atoms with Crippen LogP contribution in [0.3, 0.4) is 0 Å². The molecular formula is C16H37NO6P2. The SMILES string of the molecule is CCCCCC(N)CC(P(=O)(OCC)OCC)P(=O)(OCC)OCC. The van der Waals surface area contributed by atoms with E-state index < -0.39 is 20.6 Å². The van der Waals surface area contributed by atoms with Crippen molar-refractivity contribution in [1.29, 1.82) is 0 Å². The number of hydrogen-bond donors (Lipinski definition) is 1. The van der Waals surface area contributed by atoms with Gasteiger partial charge in [0.25, 0.3) is 0 Å². The Balaban J connectivity index is 5.60. The summed E-state index contributed by atoms with van der Waals surface area (Å²) in [7, 11) is -7.39. The predicted octanol–water partition coefficient (Wildman–Crippen LogP) is 5.14. The van der Waals surface area contributed by atoms with Crippen molar-refractivity contribution in [2.75, 3.05) is 26.4 Å². The predicted molar refractivity (Wildman–Crippen MR) is 102 cm³/mol. The molecule has 1 atom stereocenters. The molecule has 0 radical (unpaired) electrons. The van der Waals surface area contributed by atoms with E-state index >= 15 is 0 Å². The molecule has 0 saturated heterocycles. The molecule has 0 bridgehead atoms. The molecule has 152 valence electrons. The van der Waals surface area contributed by atoms with Crippen LogP contribution in [0, 0.1) is 0 Å². The van der Waals surface area contributed by atoms with Crippen molar-refractivity contribution in [2.45, 2.75) is 78.2 Å². The monoisotopic (exact) mass is 401 g/mol. The van der Waals surface area contributed by atoms with Gasteiger partial charge in [0.1, 0.15) is 0 Å². The van der Waals surface area contributed by atoms with Crippen molar-refractivity contribution in [2.24, 2.45) is 5.73 Å². The Kier molecular flexibility index (Phi) is 13.6. The summed E-state index contributed by atoms with van der Waals surface area (Å²) in [6, 6.07) is -0.278. The molecule has 0 rings (SSSR count). The Bertz CT molecular complexity index is 385. The van der Waals surface area contributed by atoms with Crippen molar-refractivity contribution in [3.63, 3.8) is 0 Å². The van der Waals surface area contributed by atoms with Gasteiger partial charge < -0.3 is 23.8 Å². The second kappa shape index (κ2) is 13.4. The largest absolute Gasteiger partial charge is 0.345 e. The summed E-state index contributed by atoms with van der Waals surface area (Å²) in [5, 5.41) is -1.02. The lowest BCUT2D eigenvalue weighted by atomic mass is 10.1. The van der Waals surface area contributed by atoms with Gasteiger partial charge in [-0.05, 0) is 40.5 Å². The van der Waals surface area contributed by atoms with E-state index in [0.717, 1.165) is 25.7 Å². The minimum Gasteiger partial charge on any atom is -0.328 e. The van der Waals surface area contributed by atoms with Gasteiger partial charge in [-0.25, -0.2) is 0 Å². The van der Waals surface area contributed by atoms with Crippen LogP contribution >= 0.6 is 15.2 Å². The highest BCUT2D eigenvalue weighted by molar-refractivity contribution is 7.72. The molecule has 0 saturated carbocycles. The van der Waals surface area contributed by atoms with E-state index in [4.69, 9.17) is 23.8 Å². The zero-order valence-electron chi connectivity index (χ0n) is 16.4. The normalized spacial score (nSPS) is 14.2. The zero-order valence-corrected chi connectivity index (χ0v) is 18.2. The standard InChI is InChI=1S/C16H37NO6P2/c1-6-11-12-13-15(17)14-16(24(18,20-7-2)21-8-3)25(19,22-9-4)23-10-5/h15-16H,6-14,17H2,1-5H3. The Hall–Kier alpha value is 0.260. The third-order valence-corrected chi connectivity index (χ3v) is 9.71. The molecule has 7 nitrogen and oxygen atoms in total. The first kappa shape index (κ1) is 25.3. The van der Waals surface area contributed by atoms with E-state index in [1.54, 1.807) is 27.7 Å². The molecule has 0 spiro atoms. The Morgan fingerprint density at radius 2 is 1.16 bits per heavy atom. The molecule has 0 aromatic carbocycles. The molecular weight excluding hydrogens is 364 g/mol. The van der Waals surface area contributed by atoms with E-state index in [1.165, 1.54) is 0 Å². The average Bonchev–Trinajstić information content (AvgIpc) is 2.53. The molecule has 0 heterocycles. The molecule has 2 N–H and O–H groups in total. The van der Waals surface area contributed by atoms with Gasteiger partial charge in [0.15, 0.2) is 5.40 Å². The maximum atomic E-state index is 13.3. The third-order valence-electron chi connectivity index (χ3n) is 3.66. The minimum atomic E-state index is -3.70. The van der Waals surface area contributed by atoms with E-state index in [-0.39, 0.29) is 38.9 Å². The van der Waals surface area contributed by atoms with E-state index in [9.17, 15) is 9.13 Å². The lowest BCUT2D eigenvalue weighted by Gasteiger charge is -2.32. The summed E-state index contributed by atoms with van der Waals surface area (Å²) < 4.78 is 48.5. The second-order valence-electron chi connectivity index (χ2n) is 5.72. The van der Waals surface area contributed by atoms with Crippen molar-refractivity contribution in [3.05, 3.63) is 0 Å². The summed E-state index contributed by atoms with van der Waals surface area (Å²) in [6.07, 6.45) is 4.08. The van der Waals surface area contributed by atoms with Crippen molar-refractivity contribution >= 4 is 15.2 Å². The van der Waals surface area contributed by atoms with Crippen molar-refractivity contribution in [1.82, 2.24) is 0 Å². The fourth-order valence-corrected chi connectivity index (χ4v) is 8.14. The Morgan fingerprint density at radius 1 is 0.760 bits per heavy atom. The van der Waals surface area contributed by atoms with Crippen LogP contribution < -0.4 is 5.73 Å². The van der Waals surface area contributed by atoms with Crippen molar-refractivity contribution in [3.8, 4) is 0 Å². The number of rotatable bonds is 16. The van der Waals surface area contributed by atoms with Crippen molar-refractivity contribution < 1.29 is 27.2 Å². The molecule has 0 amide bonds. The first-order valence-electron chi connectivity index (χ1n) is 9.36. The molecule has 9 heteroatoms. The maximum Gasteiger partial charge on any atom is 0.345 e. The van der Waals surface area contributed by atoms with E-state index in [2.05, 4.69) is 6.92 Å². The number of nitrogens with two attached hydrogens (primary N) is 1. The van der Waals surface area contributed by atoms with Gasteiger partial charge in [0.2, 0.25) is 0 Å². The molecule has 25 heavy (non-hydrogen) atoms. The highest BCUT2D eigenvalue weighted by atomic mass is 31.2. The van der Waals surface area contributed by atoms with E-state index in [0.29, 0.717) is 0 Å².